The summed E-state index contributed by atoms with van der Waals surface area (Å²) in [6.07, 6.45) is 0. The topological polar surface area (TPSA) is 86.1 Å². The lowest BCUT2D eigenvalue weighted by molar-refractivity contribution is 0.603. The van der Waals surface area contributed by atoms with Crippen LogP contribution in [0.15, 0.2) is 71.6 Å². The van der Waals surface area contributed by atoms with Gasteiger partial charge in [-0.25, -0.2) is 13.4 Å². The third kappa shape index (κ3) is 4.22. The Morgan fingerprint density at radius 2 is 1.63 bits per heavy atom. The molecule has 0 saturated heterocycles. The van der Waals surface area contributed by atoms with Crippen LogP contribution in [0.2, 0.25) is 5.02 Å². The number of sulfonamides is 1. The van der Waals surface area contributed by atoms with Crippen molar-refractivity contribution < 1.29 is 8.42 Å². The van der Waals surface area contributed by atoms with Crippen LogP contribution >= 0.6 is 11.6 Å². The van der Waals surface area contributed by atoms with Crippen LogP contribution in [0.4, 0.5) is 17.3 Å². The number of benzene rings is 3. The lowest BCUT2D eigenvalue weighted by Crippen LogP contribution is -2.03. The maximum absolute atomic E-state index is 12.9. The fraction of sp³-hybridized carbons (Fsp3) is 0.0909. The van der Waals surface area contributed by atoms with Crippen LogP contribution in [-0.4, -0.2) is 18.4 Å². The van der Waals surface area contributed by atoms with Crippen molar-refractivity contribution in [1.29, 1.82) is 0 Å². The molecule has 152 valence electrons. The normalized spacial score (nSPS) is 11.4. The van der Waals surface area contributed by atoms with Gasteiger partial charge in [-0.15, -0.1) is 0 Å². The van der Waals surface area contributed by atoms with Crippen LogP contribution < -0.4 is 5.32 Å². The van der Waals surface area contributed by atoms with Crippen molar-refractivity contribution in [3.05, 3.63) is 87.6 Å². The second kappa shape index (κ2) is 7.93. The molecule has 4 aromatic rings. The molecule has 0 atom stereocenters. The highest BCUT2D eigenvalue weighted by atomic mass is 35.5. The highest BCUT2D eigenvalue weighted by molar-refractivity contribution is 7.94. The second-order valence-corrected chi connectivity index (χ2v) is 8.87. The molecule has 0 aliphatic carbocycles. The number of nitrogens with one attached hydrogen (secondary N) is 1. The molecule has 8 heteroatoms. The van der Waals surface area contributed by atoms with Gasteiger partial charge in [0.1, 0.15) is 5.82 Å². The standard InChI is InChI=1S/C22H18ClN4O2S/c1-14-6-5-7-17(12-14)30(28,29)27-22-21(24-16-11-10-15(2)18(23)13-16)25-19-8-3-4-9-20(19)26-22/h3-13H,1-2H3,(H-,24,25,26,27)/q-1. The number of para-hydroxylation sites is 2. The SMILES string of the molecule is Cc1cccc(S(=O)(=O)[N-]c2nc3ccccc3nc2Nc2ccc(C)c(Cl)c2)c1. The summed E-state index contributed by atoms with van der Waals surface area (Å²) < 4.78 is 29.8. The smallest absolute Gasteiger partial charge is 0.202 e. The van der Waals surface area contributed by atoms with Gasteiger partial charge in [0.25, 0.3) is 0 Å². The van der Waals surface area contributed by atoms with Gasteiger partial charge in [-0.3, -0.25) is 0 Å². The molecule has 30 heavy (non-hydrogen) atoms. The number of nitrogens with zero attached hydrogens (tertiary/aromatic N) is 3. The Morgan fingerprint density at radius 1 is 0.900 bits per heavy atom. The van der Waals surface area contributed by atoms with E-state index < -0.39 is 10.0 Å². The molecule has 0 spiro atoms. The lowest BCUT2D eigenvalue weighted by Gasteiger charge is -2.21. The zero-order valence-electron chi connectivity index (χ0n) is 16.3. The van der Waals surface area contributed by atoms with E-state index in [0.29, 0.717) is 21.7 Å². The fourth-order valence-corrected chi connectivity index (χ4v) is 4.11. The molecule has 0 radical (unpaired) electrons. The van der Waals surface area contributed by atoms with Gasteiger partial charge >= 0.3 is 0 Å². The molecule has 6 nitrogen and oxygen atoms in total. The first-order chi connectivity index (χ1) is 14.3. The van der Waals surface area contributed by atoms with Gasteiger partial charge in [0.15, 0.2) is 0 Å². The van der Waals surface area contributed by atoms with E-state index in [9.17, 15) is 8.42 Å². The number of fused-ring (bicyclic) bond motifs is 1. The summed E-state index contributed by atoms with van der Waals surface area (Å²) in [7, 11) is -3.98. The molecule has 3 aromatic carbocycles. The second-order valence-electron chi connectivity index (χ2n) is 6.86. The Labute approximate surface area is 180 Å². The largest absolute Gasteiger partial charge is 0.431 e. The van der Waals surface area contributed by atoms with E-state index in [1.807, 2.05) is 44.2 Å². The molecule has 0 amide bonds. The van der Waals surface area contributed by atoms with Crippen molar-refractivity contribution in [2.75, 3.05) is 5.32 Å². The molecule has 1 heterocycles. The Hall–Kier alpha value is -3.16. The molecule has 4 rings (SSSR count). The van der Waals surface area contributed by atoms with Crippen LogP contribution in [-0.2, 0) is 10.0 Å². The van der Waals surface area contributed by atoms with Crippen LogP contribution in [0, 0.1) is 13.8 Å². The minimum atomic E-state index is -3.98. The molecule has 0 aliphatic rings. The summed E-state index contributed by atoms with van der Waals surface area (Å²) in [6.45, 7) is 3.72. The van der Waals surface area contributed by atoms with Crippen LogP contribution in [0.3, 0.4) is 0 Å². The molecule has 0 aliphatic heterocycles. The van der Waals surface area contributed by atoms with Gasteiger partial charge in [-0.2, -0.15) is 0 Å². The monoisotopic (exact) mass is 437 g/mol. The molecular formula is C22H18ClN4O2S-. The summed E-state index contributed by atoms with van der Waals surface area (Å²) >= 11 is 6.22. The van der Waals surface area contributed by atoms with Crippen molar-refractivity contribution in [3.63, 3.8) is 0 Å². The zero-order chi connectivity index (χ0) is 21.3. The van der Waals surface area contributed by atoms with Crippen molar-refractivity contribution >= 4 is 50.0 Å². The van der Waals surface area contributed by atoms with Crippen molar-refractivity contribution in [2.45, 2.75) is 18.7 Å². The molecule has 0 fully saturated rings. The van der Waals surface area contributed by atoms with E-state index in [1.54, 1.807) is 30.3 Å². The van der Waals surface area contributed by atoms with Crippen LogP contribution in [0.25, 0.3) is 15.8 Å². The Balaban J connectivity index is 1.79. The Bertz CT molecular complexity index is 1360. The molecule has 0 saturated carbocycles. The molecule has 1 aromatic heterocycles. The number of hydrogen-bond acceptors (Lipinski definition) is 5. The maximum Gasteiger partial charge on any atom is 0.202 e. The first-order valence-corrected chi connectivity index (χ1v) is 11.0. The van der Waals surface area contributed by atoms with Gasteiger partial charge < -0.3 is 15.0 Å². The zero-order valence-corrected chi connectivity index (χ0v) is 17.9. The highest BCUT2D eigenvalue weighted by Gasteiger charge is 2.13. The Kier molecular flexibility index (Phi) is 5.32. The van der Waals surface area contributed by atoms with E-state index in [0.717, 1.165) is 11.1 Å². The summed E-state index contributed by atoms with van der Waals surface area (Å²) in [6, 6.07) is 19.2. The maximum atomic E-state index is 12.9. The average molecular weight is 438 g/mol. The fourth-order valence-electron chi connectivity index (χ4n) is 2.89. The number of halogens is 1. The predicted octanol–water partition coefficient (Wildman–Crippen LogP) is 6.04. The number of anilines is 2. The van der Waals surface area contributed by atoms with Crippen molar-refractivity contribution in [2.24, 2.45) is 0 Å². The summed E-state index contributed by atoms with van der Waals surface area (Å²) in [5.74, 6) is 0.205. The minimum Gasteiger partial charge on any atom is -0.431 e. The van der Waals surface area contributed by atoms with Crippen LogP contribution in [0.1, 0.15) is 11.1 Å². The minimum absolute atomic E-state index is 0.0214. The van der Waals surface area contributed by atoms with Crippen molar-refractivity contribution in [3.8, 4) is 0 Å². The first kappa shape index (κ1) is 20.1. The van der Waals surface area contributed by atoms with Gasteiger partial charge in [-0.05, 0) is 66.6 Å². The Morgan fingerprint density at radius 3 is 2.33 bits per heavy atom. The molecular weight excluding hydrogens is 420 g/mol. The number of rotatable bonds is 5. The van der Waals surface area contributed by atoms with E-state index in [2.05, 4.69) is 20.0 Å². The van der Waals surface area contributed by atoms with E-state index >= 15 is 0 Å². The first-order valence-electron chi connectivity index (χ1n) is 9.16. The lowest BCUT2D eigenvalue weighted by atomic mass is 10.2. The predicted molar refractivity (Wildman–Crippen MR) is 120 cm³/mol. The van der Waals surface area contributed by atoms with E-state index in [4.69, 9.17) is 11.6 Å². The van der Waals surface area contributed by atoms with Gasteiger partial charge in [-0.1, -0.05) is 48.0 Å². The summed E-state index contributed by atoms with van der Waals surface area (Å²) in [5.41, 5.74) is 3.56. The van der Waals surface area contributed by atoms with Crippen LogP contribution in [0.5, 0.6) is 0 Å². The number of aryl methyl sites for hydroxylation is 2. The average Bonchev–Trinajstić information content (AvgIpc) is 2.71. The van der Waals surface area contributed by atoms with Gasteiger partial charge in [0, 0.05) is 10.7 Å². The van der Waals surface area contributed by atoms with E-state index in [-0.39, 0.29) is 16.5 Å². The van der Waals surface area contributed by atoms with Gasteiger partial charge in [0.05, 0.1) is 10.4 Å². The number of hydrogen-bond donors (Lipinski definition) is 1. The third-order valence-electron chi connectivity index (χ3n) is 4.48. The molecule has 0 unspecified atom stereocenters. The summed E-state index contributed by atoms with van der Waals surface area (Å²) in [4.78, 5) is 9.08. The van der Waals surface area contributed by atoms with Gasteiger partial charge in [0.2, 0.25) is 10.0 Å². The third-order valence-corrected chi connectivity index (χ3v) is 6.15. The molecule has 1 N–H and O–H groups in total. The van der Waals surface area contributed by atoms with E-state index in [1.165, 1.54) is 6.07 Å². The summed E-state index contributed by atoms with van der Waals surface area (Å²) in [5, 5.41) is 3.68. The highest BCUT2D eigenvalue weighted by Crippen LogP contribution is 2.35. The molecule has 0 bridgehead atoms. The van der Waals surface area contributed by atoms with Crippen molar-refractivity contribution in [1.82, 2.24) is 9.97 Å². The quantitative estimate of drug-likeness (QED) is 0.411. The number of aromatic nitrogens is 2.